The summed E-state index contributed by atoms with van der Waals surface area (Å²) in [5, 5.41) is 5.80. The molecule has 0 aromatic heterocycles. The summed E-state index contributed by atoms with van der Waals surface area (Å²) in [7, 11) is -2.24. The first-order chi connectivity index (χ1) is 31.5. The Morgan fingerprint density at radius 1 is 0.309 bits per heavy atom. The van der Waals surface area contributed by atoms with Crippen molar-refractivity contribution in [2.75, 3.05) is 0 Å². The number of rotatable bonds is 14. The molecule has 0 saturated heterocycles. The van der Waals surface area contributed by atoms with Crippen molar-refractivity contribution in [2.24, 2.45) is 0 Å². The van der Waals surface area contributed by atoms with Crippen molar-refractivity contribution in [1.82, 2.24) is 0 Å². The molecule has 0 fully saturated rings. The predicted molar refractivity (Wildman–Crippen MR) is 301 cm³/mol. The van der Waals surface area contributed by atoms with E-state index in [4.69, 9.17) is 0 Å². The molecule has 4 aliphatic carbocycles. The molecule has 0 bridgehead atoms. The summed E-state index contributed by atoms with van der Waals surface area (Å²) in [6.07, 6.45) is 27.4. The van der Waals surface area contributed by atoms with Gasteiger partial charge in [0.25, 0.3) is 0 Å². The van der Waals surface area contributed by atoms with Crippen LogP contribution < -0.4 is 21.2 Å². The van der Waals surface area contributed by atoms with Crippen molar-refractivity contribution >= 4 is 37.1 Å². The van der Waals surface area contributed by atoms with Crippen molar-refractivity contribution in [3.05, 3.63) is 263 Å². The van der Waals surface area contributed by atoms with E-state index >= 15 is 0 Å². The molecule has 0 saturated carbocycles. The minimum atomic E-state index is -1.12. The number of benzene rings is 4. The zero-order chi connectivity index (χ0) is 45.0. The van der Waals surface area contributed by atoms with Crippen LogP contribution in [-0.4, -0.2) is 0 Å². The molecule has 0 spiro atoms. The molecule has 0 atom stereocenters. The molecule has 4 heteroatoms. The Kier molecular flexibility index (Phi) is 24.5. The van der Waals surface area contributed by atoms with Gasteiger partial charge in [-0.2, -0.15) is 0 Å². The summed E-state index contributed by atoms with van der Waals surface area (Å²) in [5.41, 5.74) is 21.7. The maximum Gasteiger partial charge on any atom is 2.00 e. The van der Waals surface area contributed by atoms with E-state index in [1.165, 1.54) is 54.8 Å². The van der Waals surface area contributed by atoms with Gasteiger partial charge in [0.1, 0.15) is 0 Å². The van der Waals surface area contributed by atoms with Crippen LogP contribution in [0.3, 0.4) is 0 Å². The summed E-state index contributed by atoms with van der Waals surface area (Å²) >= 11 is 0. The zero-order valence-electron chi connectivity index (χ0n) is 42.6. The van der Waals surface area contributed by atoms with Crippen LogP contribution >= 0.6 is 15.8 Å². The molecule has 0 nitrogen and oxygen atoms in total. The molecular formula is C64H76Mn2P2+2. The maximum atomic E-state index is 2.40. The van der Waals surface area contributed by atoms with E-state index in [-0.39, 0.29) is 49.0 Å². The van der Waals surface area contributed by atoms with E-state index in [1.54, 1.807) is 44.6 Å². The van der Waals surface area contributed by atoms with Crippen molar-refractivity contribution in [1.29, 1.82) is 0 Å². The average molecular weight is 1020 g/mol. The van der Waals surface area contributed by atoms with Crippen molar-refractivity contribution in [3.8, 4) is 0 Å². The third-order valence-corrected chi connectivity index (χ3v) is 19.0. The van der Waals surface area contributed by atoms with E-state index in [0.29, 0.717) is 0 Å². The standard InChI is InChI=1S/2C31H35P.2CH3.2Mn/c2*1-5-25-26(6-2)28(8-4)31(27(25)7-3)29-21-15-16-22-30(29)32(23-17-11-9-12-18-23)24-19-13-10-14-20-24;;;;/h2*9-22,32H,5-8H2,1-4H3;2*1H3;;/q;;2*-1;2*+2. The van der Waals surface area contributed by atoms with E-state index in [2.05, 4.69) is 225 Å². The van der Waals surface area contributed by atoms with E-state index in [1.807, 2.05) is 0 Å². The molecule has 0 amide bonds. The molecule has 4 aromatic rings. The maximum absolute atomic E-state index is 2.40. The van der Waals surface area contributed by atoms with Gasteiger partial charge in [-0.15, -0.1) is 48.6 Å². The van der Waals surface area contributed by atoms with Crippen LogP contribution in [0.15, 0.2) is 237 Å². The van der Waals surface area contributed by atoms with Crippen LogP contribution in [-0.2, 0) is 34.1 Å². The quantitative estimate of drug-likeness (QED) is 0.0671. The molecule has 0 N–H and O–H groups in total. The first kappa shape index (κ1) is 58.2. The van der Waals surface area contributed by atoms with Crippen LogP contribution in [0.2, 0.25) is 0 Å². The van der Waals surface area contributed by atoms with Crippen molar-refractivity contribution in [3.63, 3.8) is 0 Å². The van der Waals surface area contributed by atoms with Crippen LogP contribution in [0.25, 0.3) is 0 Å². The predicted octanol–water partition coefficient (Wildman–Crippen LogP) is 17.0. The second-order valence-electron chi connectivity index (χ2n) is 16.7. The summed E-state index contributed by atoms with van der Waals surface area (Å²) in [6, 6.07) is 44.6. The van der Waals surface area contributed by atoms with Gasteiger partial charge in [0, 0.05) is 11.3 Å². The fourth-order valence-electron chi connectivity index (χ4n) is 10.8. The molecular weight excluding hydrogens is 941 g/mol. The van der Waals surface area contributed by atoms with E-state index in [0.717, 1.165) is 51.4 Å². The van der Waals surface area contributed by atoms with Gasteiger partial charge in [-0.1, -0.05) is 195 Å². The monoisotopic (exact) mass is 1020 g/mol. The second-order valence-corrected chi connectivity index (χ2v) is 21.6. The van der Waals surface area contributed by atoms with Crippen LogP contribution in [0.1, 0.15) is 107 Å². The zero-order valence-corrected chi connectivity index (χ0v) is 46.9. The molecule has 0 aliphatic heterocycles. The van der Waals surface area contributed by atoms with Crippen LogP contribution in [0, 0.1) is 26.2 Å². The van der Waals surface area contributed by atoms with E-state index in [9.17, 15) is 0 Å². The van der Waals surface area contributed by atoms with Crippen LogP contribution in [0.5, 0.6) is 0 Å². The van der Waals surface area contributed by atoms with Crippen molar-refractivity contribution < 1.29 is 34.1 Å². The summed E-state index contributed by atoms with van der Waals surface area (Å²) < 4.78 is 0. The van der Waals surface area contributed by atoms with Crippen molar-refractivity contribution in [2.45, 2.75) is 107 Å². The third kappa shape index (κ3) is 12.1. The second kappa shape index (κ2) is 28.6. The minimum absolute atomic E-state index is 0. The molecule has 4 aliphatic rings. The Morgan fingerprint density at radius 2 is 0.529 bits per heavy atom. The Labute approximate surface area is 437 Å². The molecule has 0 heterocycles. The minimum Gasteiger partial charge on any atom is -0.358 e. The fourth-order valence-corrected chi connectivity index (χ4v) is 16.3. The van der Waals surface area contributed by atoms with Crippen LogP contribution in [0.4, 0.5) is 0 Å². The van der Waals surface area contributed by atoms with Gasteiger partial charge in [0.15, 0.2) is 0 Å². The number of allylic oxidation sites excluding steroid dienone is 20. The smallest absolute Gasteiger partial charge is 0.358 e. The number of hydrogen-bond acceptors (Lipinski definition) is 0. The Morgan fingerprint density at radius 3 is 0.735 bits per heavy atom. The average Bonchev–Trinajstić information content (AvgIpc) is 3.86. The third-order valence-electron chi connectivity index (χ3n) is 13.4. The molecule has 68 heavy (non-hydrogen) atoms. The Balaban J connectivity index is 0.000000340. The summed E-state index contributed by atoms with van der Waals surface area (Å²) in [6.45, 7) is 18.6. The molecule has 8 rings (SSSR count). The number of hydrogen-bond donors (Lipinski definition) is 0. The van der Waals surface area contributed by atoms with Gasteiger partial charge in [-0.05, 0) is 99.9 Å². The topological polar surface area (TPSA) is 0 Å². The first-order valence-corrected chi connectivity index (χ1v) is 27.3. The van der Waals surface area contributed by atoms with Gasteiger partial charge in [-0.25, -0.2) is 0 Å². The Bertz CT molecular complexity index is 2240. The Hall–Kier alpha value is -4.08. The fraction of sp³-hybridized carbons (Fsp3) is 0.250. The van der Waals surface area contributed by atoms with Gasteiger partial charge in [-0.3, -0.25) is 0 Å². The van der Waals surface area contributed by atoms with Gasteiger partial charge in [0.2, 0.25) is 0 Å². The summed E-state index contributed by atoms with van der Waals surface area (Å²) in [5.74, 6) is 0. The normalized spacial score (nSPS) is 15.3. The van der Waals surface area contributed by atoms with Gasteiger partial charge in [0.05, 0.1) is 37.1 Å². The first-order valence-electron chi connectivity index (χ1n) is 24.3. The largest absolute Gasteiger partial charge is 2.00 e. The van der Waals surface area contributed by atoms with E-state index < -0.39 is 15.8 Å². The molecule has 0 unspecified atom stereocenters. The summed E-state index contributed by atoms with van der Waals surface area (Å²) in [4.78, 5) is 0. The molecule has 2 radical (unpaired) electrons. The molecule has 4 aromatic carbocycles. The SMILES string of the molecule is CCC1=C(CC)C(=C2C=CC=C[C-]2[PH+](c2ccccc2)c2ccccc2)C(CC)=C1CC.CCC1=C(CC)C(=C2C=CC=C[C-]2[PH+](c2ccccc2)c2ccccc2)C(CC)=C1CC.[CH3-].[CH3-].[Mn+2].[Mn+2]. The van der Waals surface area contributed by atoms with Gasteiger partial charge < -0.3 is 14.9 Å². The molecule has 354 valence electrons. The van der Waals surface area contributed by atoms with Gasteiger partial charge >= 0.3 is 34.1 Å².